The van der Waals surface area contributed by atoms with Crippen molar-refractivity contribution in [2.24, 2.45) is 5.92 Å². The van der Waals surface area contributed by atoms with Crippen molar-refractivity contribution in [3.05, 3.63) is 78.3 Å². The molecule has 0 radical (unpaired) electrons. The van der Waals surface area contributed by atoms with Crippen molar-refractivity contribution < 1.29 is 27.5 Å². The standard InChI is InChI=1S/C23H20F2N2O4/c24-16-8-9-21(20(25)11-16)27(13-19-5-2-10-30-19)22(28)14-31-18-4-1-3-17(12-18)26-23(29)15-6-7-15/h1-5,8-12,15H,6-7,13-14H2,(H,26,29). The highest BCUT2D eigenvalue weighted by Crippen LogP contribution is 2.30. The van der Waals surface area contributed by atoms with Crippen LogP contribution in [0.5, 0.6) is 5.75 Å². The van der Waals surface area contributed by atoms with E-state index in [4.69, 9.17) is 9.15 Å². The Kier molecular flexibility index (Phi) is 5.97. The first kappa shape index (κ1) is 20.6. The molecule has 2 amide bonds. The average molecular weight is 426 g/mol. The summed E-state index contributed by atoms with van der Waals surface area (Å²) in [5, 5.41) is 2.81. The van der Waals surface area contributed by atoms with Crippen LogP contribution in [0.25, 0.3) is 0 Å². The van der Waals surface area contributed by atoms with Gasteiger partial charge in [0, 0.05) is 23.7 Å². The lowest BCUT2D eigenvalue weighted by Gasteiger charge is -2.22. The van der Waals surface area contributed by atoms with E-state index < -0.39 is 24.1 Å². The summed E-state index contributed by atoms with van der Waals surface area (Å²) >= 11 is 0. The Bertz CT molecular complexity index is 1080. The molecule has 1 aliphatic rings. The van der Waals surface area contributed by atoms with E-state index in [0.29, 0.717) is 23.3 Å². The van der Waals surface area contributed by atoms with Crippen LogP contribution < -0.4 is 15.0 Å². The van der Waals surface area contributed by atoms with Gasteiger partial charge in [-0.15, -0.1) is 0 Å². The third-order valence-corrected chi connectivity index (χ3v) is 4.81. The molecular formula is C23H20F2N2O4. The fraction of sp³-hybridized carbons (Fsp3) is 0.217. The fourth-order valence-electron chi connectivity index (χ4n) is 3.04. The maximum atomic E-state index is 14.4. The Morgan fingerprint density at radius 2 is 1.94 bits per heavy atom. The number of carbonyl (C=O) groups is 2. The summed E-state index contributed by atoms with van der Waals surface area (Å²) in [5.41, 5.74) is 0.482. The van der Waals surface area contributed by atoms with Crippen molar-refractivity contribution in [2.75, 3.05) is 16.8 Å². The van der Waals surface area contributed by atoms with Gasteiger partial charge in [0.25, 0.3) is 5.91 Å². The highest BCUT2D eigenvalue weighted by atomic mass is 19.1. The predicted octanol–water partition coefficient (Wildman–Crippen LogP) is 4.52. The number of furan rings is 1. The molecule has 0 atom stereocenters. The zero-order valence-corrected chi connectivity index (χ0v) is 16.5. The molecule has 160 valence electrons. The van der Waals surface area contributed by atoms with Crippen LogP contribution in [0.3, 0.4) is 0 Å². The van der Waals surface area contributed by atoms with Crippen LogP contribution in [0.2, 0.25) is 0 Å². The molecule has 4 rings (SSSR count). The summed E-state index contributed by atoms with van der Waals surface area (Å²) in [6.45, 7) is -0.438. The number of nitrogens with one attached hydrogen (secondary N) is 1. The van der Waals surface area contributed by atoms with E-state index in [1.54, 1.807) is 36.4 Å². The molecule has 0 bridgehead atoms. The van der Waals surface area contributed by atoms with Crippen LogP contribution >= 0.6 is 0 Å². The SMILES string of the molecule is O=C(Nc1cccc(OCC(=O)N(Cc2ccco2)c2ccc(F)cc2F)c1)C1CC1. The quantitative estimate of drug-likeness (QED) is 0.575. The van der Waals surface area contributed by atoms with Gasteiger partial charge in [-0.05, 0) is 49.2 Å². The van der Waals surface area contributed by atoms with Crippen LogP contribution in [-0.4, -0.2) is 18.4 Å². The summed E-state index contributed by atoms with van der Waals surface area (Å²) in [5.74, 6) is -1.33. The smallest absolute Gasteiger partial charge is 0.265 e. The maximum Gasteiger partial charge on any atom is 0.265 e. The minimum atomic E-state index is -0.871. The van der Waals surface area contributed by atoms with Crippen LogP contribution in [-0.2, 0) is 16.1 Å². The van der Waals surface area contributed by atoms with Crippen molar-refractivity contribution in [1.82, 2.24) is 0 Å². The lowest BCUT2D eigenvalue weighted by atomic mass is 10.2. The molecule has 1 fully saturated rings. The van der Waals surface area contributed by atoms with Gasteiger partial charge in [-0.3, -0.25) is 14.5 Å². The number of hydrogen-bond donors (Lipinski definition) is 1. The molecule has 0 unspecified atom stereocenters. The van der Waals surface area contributed by atoms with E-state index >= 15 is 0 Å². The molecule has 2 aromatic carbocycles. The Labute approximate surface area is 177 Å². The lowest BCUT2D eigenvalue weighted by molar-refractivity contribution is -0.121. The van der Waals surface area contributed by atoms with Gasteiger partial charge in [0.15, 0.2) is 6.61 Å². The van der Waals surface area contributed by atoms with Gasteiger partial charge in [0.05, 0.1) is 18.5 Å². The number of carbonyl (C=O) groups excluding carboxylic acids is 2. The highest BCUT2D eigenvalue weighted by molar-refractivity contribution is 5.95. The average Bonchev–Trinajstić information content (AvgIpc) is 3.48. The van der Waals surface area contributed by atoms with Crippen LogP contribution in [0, 0.1) is 17.6 Å². The normalized spacial score (nSPS) is 13.0. The van der Waals surface area contributed by atoms with Crippen molar-refractivity contribution in [3.8, 4) is 5.75 Å². The van der Waals surface area contributed by atoms with Gasteiger partial charge in [-0.25, -0.2) is 8.78 Å². The van der Waals surface area contributed by atoms with Crippen molar-refractivity contribution in [1.29, 1.82) is 0 Å². The second-order valence-electron chi connectivity index (χ2n) is 7.24. The van der Waals surface area contributed by atoms with Crippen LogP contribution in [0.1, 0.15) is 18.6 Å². The molecule has 1 saturated carbocycles. The number of halogens is 2. The number of anilines is 2. The Morgan fingerprint density at radius 1 is 1.10 bits per heavy atom. The van der Waals surface area contributed by atoms with E-state index in [0.717, 1.165) is 23.8 Å². The highest BCUT2D eigenvalue weighted by Gasteiger charge is 2.29. The number of benzene rings is 2. The third kappa shape index (κ3) is 5.28. The fourth-order valence-corrected chi connectivity index (χ4v) is 3.04. The molecule has 31 heavy (non-hydrogen) atoms. The number of amides is 2. The monoisotopic (exact) mass is 426 g/mol. The Morgan fingerprint density at radius 3 is 2.65 bits per heavy atom. The molecular weight excluding hydrogens is 406 g/mol. The van der Waals surface area contributed by atoms with Gasteiger partial charge in [0.2, 0.25) is 5.91 Å². The molecule has 1 aromatic heterocycles. The number of rotatable bonds is 8. The number of nitrogens with zero attached hydrogens (tertiary/aromatic N) is 1. The van der Waals surface area contributed by atoms with Gasteiger partial charge in [0.1, 0.15) is 23.1 Å². The van der Waals surface area contributed by atoms with Crippen molar-refractivity contribution in [2.45, 2.75) is 19.4 Å². The molecule has 8 heteroatoms. The maximum absolute atomic E-state index is 14.4. The Balaban J connectivity index is 1.46. The minimum Gasteiger partial charge on any atom is -0.484 e. The van der Waals surface area contributed by atoms with Gasteiger partial charge in [-0.2, -0.15) is 0 Å². The minimum absolute atomic E-state index is 0.0374. The summed E-state index contributed by atoms with van der Waals surface area (Å²) < 4.78 is 38.5. The van der Waals surface area contributed by atoms with Crippen LogP contribution in [0.15, 0.2) is 65.3 Å². The molecule has 6 nitrogen and oxygen atoms in total. The second kappa shape index (κ2) is 8.99. The molecule has 3 aromatic rings. The first-order valence-corrected chi connectivity index (χ1v) is 9.81. The van der Waals surface area contributed by atoms with E-state index in [1.807, 2.05) is 0 Å². The van der Waals surface area contributed by atoms with E-state index in [-0.39, 0.29) is 24.1 Å². The predicted molar refractivity (Wildman–Crippen MR) is 110 cm³/mol. The third-order valence-electron chi connectivity index (χ3n) is 4.81. The first-order chi connectivity index (χ1) is 15.0. The zero-order chi connectivity index (χ0) is 21.8. The summed E-state index contributed by atoms with van der Waals surface area (Å²) in [4.78, 5) is 25.9. The largest absolute Gasteiger partial charge is 0.484 e. The molecule has 1 N–H and O–H groups in total. The van der Waals surface area contributed by atoms with E-state index in [9.17, 15) is 18.4 Å². The summed E-state index contributed by atoms with van der Waals surface area (Å²) in [6, 6.07) is 13.0. The first-order valence-electron chi connectivity index (χ1n) is 9.81. The lowest BCUT2D eigenvalue weighted by Crippen LogP contribution is -2.35. The summed E-state index contributed by atoms with van der Waals surface area (Å²) in [6.07, 6.45) is 3.22. The van der Waals surface area contributed by atoms with Crippen molar-refractivity contribution >= 4 is 23.2 Å². The zero-order valence-electron chi connectivity index (χ0n) is 16.5. The van der Waals surface area contributed by atoms with E-state index in [1.165, 1.54) is 12.3 Å². The number of ether oxygens (including phenoxy) is 1. The number of hydrogen-bond acceptors (Lipinski definition) is 4. The van der Waals surface area contributed by atoms with E-state index in [2.05, 4.69) is 5.32 Å². The topological polar surface area (TPSA) is 71.8 Å². The molecule has 0 saturated heterocycles. The molecule has 0 aliphatic heterocycles. The van der Waals surface area contributed by atoms with Gasteiger partial charge in [-0.1, -0.05) is 6.07 Å². The van der Waals surface area contributed by atoms with Crippen molar-refractivity contribution in [3.63, 3.8) is 0 Å². The Hall–Kier alpha value is -3.68. The summed E-state index contributed by atoms with van der Waals surface area (Å²) in [7, 11) is 0. The molecule has 1 aliphatic carbocycles. The molecule has 0 spiro atoms. The van der Waals surface area contributed by atoms with Gasteiger partial charge < -0.3 is 14.5 Å². The van der Waals surface area contributed by atoms with Gasteiger partial charge >= 0.3 is 0 Å². The second-order valence-corrected chi connectivity index (χ2v) is 7.24. The van der Waals surface area contributed by atoms with Crippen LogP contribution in [0.4, 0.5) is 20.2 Å². The molecule has 1 heterocycles.